The first-order valence-electron chi connectivity index (χ1n) is 17.5. The zero-order valence-electron chi connectivity index (χ0n) is 27.0. The molecule has 1 unspecified atom stereocenters. The number of ether oxygens (including phenoxy) is 2. The van der Waals surface area contributed by atoms with Gasteiger partial charge in [-0.2, -0.15) is 0 Å². The van der Waals surface area contributed by atoms with Crippen molar-refractivity contribution in [1.29, 1.82) is 0 Å². The van der Waals surface area contributed by atoms with Crippen molar-refractivity contribution in [2.24, 2.45) is 5.92 Å². The lowest BCUT2D eigenvalue weighted by molar-refractivity contribution is -0.152. The largest absolute Gasteiger partial charge is 0.463 e. The van der Waals surface area contributed by atoms with Gasteiger partial charge in [0.25, 0.3) is 0 Å². The quantitative estimate of drug-likeness (QED) is 0.0665. The lowest BCUT2D eigenvalue weighted by Gasteiger charge is -2.12. The first-order valence-corrected chi connectivity index (χ1v) is 17.5. The normalized spacial score (nSPS) is 12.8. The highest BCUT2D eigenvalue weighted by Crippen LogP contribution is 2.16. The van der Waals surface area contributed by atoms with Gasteiger partial charge in [0.2, 0.25) is 0 Å². The minimum Gasteiger partial charge on any atom is -0.463 e. The van der Waals surface area contributed by atoms with E-state index in [4.69, 9.17) is 9.47 Å². The third-order valence-corrected chi connectivity index (χ3v) is 8.13. The molecule has 0 aromatic rings. The molecule has 238 valence electrons. The summed E-state index contributed by atoms with van der Waals surface area (Å²) in [5.74, 6) is 0.271. The third kappa shape index (κ3) is 29.9. The van der Waals surface area contributed by atoms with Crippen molar-refractivity contribution < 1.29 is 24.2 Å². The number of rotatable bonds is 31. The number of hydrogen-bond acceptors (Lipinski definition) is 5. The first kappa shape index (κ1) is 38.9. The number of aliphatic hydroxyl groups is 1. The minimum atomic E-state index is -0.954. The molecule has 0 bridgehead atoms. The average molecular weight is 569 g/mol. The molecule has 0 amide bonds. The fourth-order valence-corrected chi connectivity index (χ4v) is 5.06. The van der Waals surface area contributed by atoms with Crippen LogP contribution in [0, 0.1) is 5.92 Å². The van der Waals surface area contributed by atoms with E-state index in [1.54, 1.807) is 0 Å². The van der Waals surface area contributed by atoms with Crippen LogP contribution in [0.3, 0.4) is 0 Å². The molecule has 1 N–H and O–H groups in total. The summed E-state index contributed by atoms with van der Waals surface area (Å²) in [6, 6.07) is 0. The van der Waals surface area contributed by atoms with Crippen LogP contribution in [0.2, 0.25) is 0 Å². The van der Waals surface area contributed by atoms with E-state index in [2.05, 4.69) is 20.8 Å². The highest BCUT2D eigenvalue weighted by molar-refractivity contribution is 5.69. The topological polar surface area (TPSA) is 72.8 Å². The summed E-state index contributed by atoms with van der Waals surface area (Å²) in [7, 11) is 0. The van der Waals surface area contributed by atoms with Gasteiger partial charge in [-0.05, 0) is 18.8 Å². The Labute approximate surface area is 248 Å². The number of esters is 2. The number of aliphatic hydroxyl groups excluding tert-OH is 1. The first-order chi connectivity index (χ1) is 19.5. The van der Waals surface area contributed by atoms with Crippen molar-refractivity contribution in [2.45, 2.75) is 194 Å². The molecule has 0 spiro atoms. The van der Waals surface area contributed by atoms with E-state index in [0.717, 1.165) is 38.0 Å². The van der Waals surface area contributed by atoms with Gasteiger partial charge in [-0.25, -0.2) is 0 Å². The summed E-state index contributed by atoms with van der Waals surface area (Å²) in [6.45, 7) is 6.61. The monoisotopic (exact) mass is 569 g/mol. The summed E-state index contributed by atoms with van der Waals surface area (Å²) in [5.41, 5.74) is 0. The molecule has 0 aliphatic carbocycles. The molecule has 0 aromatic heterocycles. The zero-order chi connectivity index (χ0) is 29.5. The Kier molecular flexibility index (Phi) is 30.0. The van der Waals surface area contributed by atoms with E-state index < -0.39 is 6.10 Å². The molecular weight excluding hydrogens is 500 g/mol. The second-order valence-electron chi connectivity index (χ2n) is 12.2. The van der Waals surface area contributed by atoms with E-state index >= 15 is 0 Å². The van der Waals surface area contributed by atoms with Crippen molar-refractivity contribution in [3.8, 4) is 0 Å². The molecule has 0 aliphatic rings. The molecule has 2 atom stereocenters. The van der Waals surface area contributed by atoms with Gasteiger partial charge < -0.3 is 14.6 Å². The molecule has 0 saturated carbocycles. The van der Waals surface area contributed by atoms with Gasteiger partial charge in [-0.1, -0.05) is 162 Å². The predicted octanol–water partition coefficient (Wildman–Crippen LogP) is 10.3. The van der Waals surface area contributed by atoms with Crippen LogP contribution in [-0.2, 0) is 19.1 Å². The van der Waals surface area contributed by atoms with Crippen molar-refractivity contribution in [1.82, 2.24) is 0 Å². The maximum absolute atomic E-state index is 11.9. The van der Waals surface area contributed by atoms with Gasteiger partial charge in [0.1, 0.15) is 19.3 Å². The van der Waals surface area contributed by atoms with Gasteiger partial charge >= 0.3 is 11.9 Å². The third-order valence-electron chi connectivity index (χ3n) is 8.13. The Morgan fingerprint density at radius 3 is 1.20 bits per heavy atom. The number of hydrogen-bond donors (Lipinski definition) is 1. The Bertz CT molecular complexity index is 550. The molecular formula is C35H68O5. The highest BCUT2D eigenvalue weighted by atomic mass is 16.6. The number of carbonyl (C=O) groups is 2. The molecule has 0 fully saturated rings. The van der Waals surface area contributed by atoms with E-state index in [1.165, 1.54) is 122 Å². The van der Waals surface area contributed by atoms with Gasteiger partial charge in [0, 0.05) is 12.8 Å². The second-order valence-corrected chi connectivity index (χ2v) is 12.2. The standard InChI is InChI=1S/C35H68O5/c1-4-6-7-8-9-10-11-12-13-14-15-16-17-18-22-25-28-34(37)39-30-33(36)31-40-35(38)29-26-23-20-19-21-24-27-32(3)5-2/h32-33,36H,4-31H2,1-3H3/t32?,33-/m0/s1. The van der Waals surface area contributed by atoms with E-state index in [9.17, 15) is 14.7 Å². The predicted molar refractivity (Wildman–Crippen MR) is 168 cm³/mol. The van der Waals surface area contributed by atoms with Gasteiger partial charge in [-0.3, -0.25) is 9.59 Å². The van der Waals surface area contributed by atoms with Crippen LogP contribution in [-0.4, -0.2) is 36.4 Å². The molecule has 0 saturated heterocycles. The molecule has 40 heavy (non-hydrogen) atoms. The van der Waals surface area contributed by atoms with E-state index in [-0.39, 0.29) is 25.2 Å². The molecule has 0 aromatic carbocycles. The number of carbonyl (C=O) groups excluding carboxylic acids is 2. The average Bonchev–Trinajstić information content (AvgIpc) is 2.95. The van der Waals surface area contributed by atoms with Gasteiger partial charge in [0.15, 0.2) is 0 Å². The van der Waals surface area contributed by atoms with Crippen molar-refractivity contribution in [2.75, 3.05) is 13.2 Å². The lowest BCUT2D eigenvalue weighted by Crippen LogP contribution is -2.25. The van der Waals surface area contributed by atoms with Crippen LogP contribution in [0.25, 0.3) is 0 Å². The zero-order valence-corrected chi connectivity index (χ0v) is 27.0. The lowest BCUT2D eigenvalue weighted by atomic mass is 10.00. The van der Waals surface area contributed by atoms with Crippen molar-refractivity contribution in [3.05, 3.63) is 0 Å². The van der Waals surface area contributed by atoms with Crippen LogP contribution in [0.15, 0.2) is 0 Å². The Balaban J connectivity index is 3.40. The van der Waals surface area contributed by atoms with Crippen LogP contribution in [0.5, 0.6) is 0 Å². The molecule has 0 radical (unpaired) electrons. The Morgan fingerprint density at radius 1 is 0.525 bits per heavy atom. The Morgan fingerprint density at radius 2 is 0.850 bits per heavy atom. The fourth-order valence-electron chi connectivity index (χ4n) is 5.06. The van der Waals surface area contributed by atoms with Crippen LogP contribution in [0.4, 0.5) is 0 Å². The summed E-state index contributed by atoms with van der Waals surface area (Å²) in [4.78, 5) is 23.8. The second kappa shape index (κ2) is 30.8. The summed E-state index contributed by atoms with van der Waals surface area (Å²) >= 11 is 0. The van der Waals surface area contributed by atoms with Crippen molar-refractivity contribution >= 4 is 11.9 Å². The molecule has 0 rings (SSSR count). The van der Waals surface area contributed by atoms with Gasteiger partial charge in [0.05, 0.1) is 0 Å². The van der Waals surface area contributed by atoms with E-state index in [0.29, 0.717) is 12.8 Å². The molecule has 0 heterocycles. The summed E-state index contributed by atoms with van der Waals surface area (Å²) in [6.07, 6.45) is 30.1. The number of unbranched alkanes of at least 4 members (excludes halogenated alkanes) is 20. The maximum atomic E-state index is 11.9. The summed E-state index contributed by atoms with van der Waals surface area (Å²) < 4.78 is 10.3. The smallest absolute Gasteiger partial charge is 0.305 e. The van der Waals surface area contributed by atoms with Crippen LogP contribution < -0.4 is 0 Å². The van der Waals surface area contributed by atoms with Crippen LogP contribution in [0.1, 0.15) is 188 Å². The molecule has 5 heteroatoms. The SMILES string of the molecule is CCCCCCCCCCCCCCCCCCC(=O)OC[C@H](O)COC(=O)CCCCCCCCC(C)CC. The highest BCUT2D eigenvalue weighted by Gasteiger charge is 2.12. The van der Waals surface area contributed by atoms with E-state index in [1.807, 2.05) is 0 Å². The van der Waals surface area contributed by atoms with Gasteiger partial charge in [-0.15, -0.1) is 0 Å². The fraction of sp³-hybridized carbons (Fsp3) is 0.943. The summed E-state index contributed by atoms with van der Waals surface area (Å²) in [5, 5.41) is 9.95. The maximum Gasteiger partial charge on any atom is 0.305 e. The molecule has 0 aliphatic heterocycles. The van der Waals surface area contributed by atoms with Crippen molar-refractivity contribution in [3.63, 3.8) is 0 Å². The Hall–Kier alpha value is -1.10. The van der Waals surface area contributed by atoms with Crippen LogP contribution >= 0.6 is 0 Å². The minimum absolute atomic E-state index is 0.110. The molecule has 5 nitrogen and oxygen atoms in total.